The van der Waals surface area contributed by atoms with Gasteiger partial charge in [0, 0.05) is 0 Å². The van der Waals surface area contributed by atoms with Gasteiger partial charge in [0.15, 0.2) is 0 Å². The average molecular weight is 263 g/mol. The number of nitrogens with one attached hydrogen (secondary N) is 2. The van der Waals surface area contributed by atoms with E-state index in [0.717, 1.165) is 25.8 Å². The average Bonchev–Trinajstić information content (AvgIpc) is 2.40. The molecule has 3 N–H and O–H groups in total. The van der Waals surface area contributed by atoms with Crippen LogP contribution in [0.5, 0.6) is 0 Å². The van der Waals surface area contributed by atoms with Crippen LogP contribution in [0.25, 0.3) is 0 Å². The molecule has 1 saturated heterocycles. The number of hydrogen-bond donors (Lipinski definition) is 3. The zero-order valence-corrected chi connectivity index (χ0v) is 10.8. The zero-order valence-electron chi connectivity index (χ0n) is 10.8. The van der Waals surface area contributed by atoms with Crippen LogP contribution in [-0.4, -0.2) is 34.1 Å². The van der Waals surface area contributed by atoms with Gasteiger partial charge in [-0.1, -0.05) is 0 Å². The number of carboxylic acid groups (broad SMARTS) is 1. The summed E-state index contributed by atoms with van der Waals surface area (Å²) in [4.78, 5) is 26.6. The molecular formula is C13H17N3O3. The molecule has 1 atom stereocenters. The highest BCUT2D eigenvalue weighted by Crippen LogP contribution is 2.20. The molecule has 1 aliphatic heterocycles. The largest absolute Gasteiger partial charge is 0.477 e. The van der Waals surface area contributed by atoms with Crippen LogP contribution < -0.4 is 10.6 Å². The summed E-state index contributed by atoms with van der Waals surface area (Å²) < 4.78 is 0. The van der Waals surface area contributed by atoms with E-state index >= 15 is 0 Å². The number of nitrogens with zero attached hydrogens (tertiary/aromatic N) is 1. The molecule has 6 nitrogen and oxygen atoms in total. The van der Waals surface area contributed by atoms with E-state index in [4.69, 9.17) is 5.11 Å². The summed E-state index contributed by atoms with van der Waals surface area (Å²) in [6.45, 7) is 2.71. The number of anilines is 1. The van der Waals surface area contributed by atoms with Crippen LogP contribution in [0.4, 0.5) is 5.69 Å². The summed E-state index contributed by atoms with van der Waals surface area (Å²) in [6.07, 6.45) is 4.25. The molecule has 2 heterocycles. The maximum absolute atomic E-state index is 12.2. The molecule has 0 spiro atoms. The van der Waals surface area contributed by atoms with Crippen molar-refractivity contribution in [3.05, 3.63) is 24.0 Å². The first-order valence-electron chi connectivity index (χ1n) is 6.27. The van der Waals surface area contributed by atoms with E-state index in [0.29, 0.717) is 5.69 Å². The highest BCUT2D eigenvalue weighted by atomic mass is 16.4. The molecule has 19 heavy (non-hydrogen) atoms. The number of hydrogen-bond acceptors (Lipinski definition) is 4. The number of carbonyl (C=O) groups excluding carboxylic acids is 1. The summed E-state index contributed by atoms with van der Waals surface area (Å²) in [5.74, 6) is -1.20. The molecule has 1 aromatic heterocycles. The minimum absolute atomic E-state index is 0.0417. The van der Waals surface area contributed by atoms with Crippen molar-refractivity contribution in [3.63, 3.8) is 0 Å². The molecule has 102 valence electrons. The first kappa shape index (κ1) is 13.5. The van der Waals surface area contributed by atoms with Crippen molar-refractivity contribution in [2.75, 3.05) is 11.9 Å². The second-order valence-electron chi connectivity index (χ2n) is 4.91. The van der Waals surface area contributed by atoms with Gasteiger partial charge in [0.05, 0.1) is 17.4 Å². The van der Waals surface area contributed by atoms with Gasteiger partial charge in [-0.05, 0) is 44.9 Å². The van der Waals surface area contributed by atoms with Crippen LogP contribution >= 0.6 is 0 Å². The number of carbonyl (C=O) groups is 2. The van der Waals surface area contributed by atoms with Gasteiger partial charge in [-0.3, -0.25) is 4.79 Å². The third-order valence-corrected chi connectivity index (χ3v) is 3.36. The van der Waals surface area contributed by atoms with Crippen LogP contribution in [0, 0.1) is 0 Å². The van der Waals surface area contributed by atoms with E-state index in [1.165, 1.54) is 12.3 Å². The summed E-state index contributed by atoms with van der Waals surface area (Å²) in [6, 6.07) is 2.91. The molecule has 1 amide bonds. The Morgan fingerprint density at radius 1 is 1.42 bits per heavy atom. The van der Waals surface area contributed by atoms with Crippen molar-refractivity contribution in [2.24, 2.45) is 0 Å². The number of aromatic nitrogens is 1. The van der Waals surface area contributed by atoms with Gasteiger partial charge in [0.25, 0.3) is 0 Å². The maximum Gasteiger partial charge on any atom is 0.354 e. The van der Waals surface area contributed by atoms with Crippen LogP contribution in [0.3, 0.4) is 0 Å². The molecule has 1 unspecified atom stereocenters. The highest BCUT2D eigenvalue weighted by Gasteiger charge is 2.34. The summed E-state index contributed by atoms with van der Waals surface area (Å²) in [5.41, 5.74) is -0.104. The third kappa shape index (κ3) is 3.08. The number of aromatic carboxylic acids is 1. The molecule has 0 aliphatic carbocycles. The summed E-state index contributed by atoms with van der Waals surface area (Å²) in [5, 5.41) is 14.7. The summed E-state index contributed by atoms with van der Waals surface area (Å²) in [7, 11) is 0. The maximum atomic E-state index is 12.2. The van der Waals surface area contributed by atoms with Crippen molar-refractivity contribution in [3.8, 4) is 0 Å². The van der Waals surface area contributed by atoms with E-state index in [1.807, 2.05) is 6.92 Å². The van der Waals surface area contributed by atoms with E-state index in [1.54, 1.807) is 6.07 Å². The minimum Gasteiger partial charge on any atom is -0.477 e. The topological polar surface area (TPSA) is 91.3 Å². The lowest BCUT2D eigenvalue weighted by atomic mass is 9.90. The first-order chi connectivity index (χ1) is 9.01. The first-order valence-corrected chi connectivity index (χ1v) is 6.27. The Morgan fingerprint density at radius 3 is 2.74 bits per heavy atom. The molecular weight excluding hydrogens is 246 g/mol. The molecule has 1 fully saturated rings. The van der Waals surface area contributed by atoms with E-state index in [2.05, 4.69) is 15.6 Å². The molecule has 2 rings (SSSR count). The second kappa shape index (κ2) is 5.36. The van der Waals surface area contributed by atoms with Crippen molar-refractivity contribution in [1.29, 1.82) is 0 Å². The lowest BCUT2D eigenvalue weighted by Gasteiger charge is -2.33. The van der Waals surface area contributed by atoms with Crippen LogP contribution in [0.15, 0.2) is 18.3 Å². The van der Waals surface area contributed by atoms with Gasteiger partial charge in [-0.25, -0.2) is 9.78 Å². The SMILES string of the molecule is CC1(C(=O)Nc2ccc(C(=O)O)nc2)CCCCN1. The standard InChI is InChI=1S/C13H17N3O3/c1-13(6-2-3-7-15-13)12(19)16-9-4-5-10(11(17)18)14-8-9/h4-5,8,15H,2-3,6-7H2,1H3,(H,16,19)(H,17,18). The molecule has 0 radical (unpaired) electrons. The van der Waals surface area contributed by atoms with Crippen molar-refractivity contribution >= 4 is 17.6 Å². The van der Waals surface area contributed by atoms with E-state index in [-0.39, 0.29) is 11.6 Å². The fraction of sp³-hybridized carbons (Fsp3) is 0.462. The monoisotopic (exact) mass is 263 g/mol. The highest BCUT2D eigenvalue weighted by molar-refractivity contribution is 5.98. The van der Waals surface area contributed by atoms with Crippen molar-refractivity contribution in [1.82, 2.24) is 10.3 Å². The molecule has 0 saturated carbocycles. The number of carboxylic acids is 1. The Balaban J connectivity index is 2.04. The molecule has 6 heteroatoms. The quantitative estimate of drug-likeness (QED) is 0.763. The Morgan fingerprint density at radius 2 is 2.21 bits per heavy atom. The predicted octanol–water partition coefficient (Wildman–Crippen LogP) is 1.25. The second-order valence-corrected chi connectivity index (χ2v) is 4.91. The Kier molecular flexibility index (Phi) is 3.80. The van der Waals surface area contributed by atoms with E-state index in [9.17, 15) is 9.59 Å². The fourth-order valence-corrected chi connectivity index (χ4v) is 2.11. The van der Waals surface area contributed by atoms with Gasteiger partial charge in [0.2, 0.25) is 5.91 Å². The summed E-state index contributed by atoms with van der Waals surface area (Å²) >= 11 is 0. The van der Waals surface area contributed by atoms with E-state index < -0.39 is 11.5 Å². The Labute approximate surface area is 111 Å². The van der Waals surface area contributed by atoms with Gasteiger partial charge in [-0.15, -0.1) is 0 Å². The lowest BCUT2D eigenvalue weighted by molar-refractivity contribution is -0.122. The molecule has 1 aliphatic rings. The van der Waals surface area contributed by atoms with Crippen LogP contribution in [0.2, 0.25) is 0 Å². The van der Waals surface area contributed by atoms with Crippen LogP contribution in [0.1, 0.15) is 36.7 Å². The number of piperidine rings is 1. The van der Waals surface area contributed by atoms with Crippen molar-refractivity contribution in [2.45, 2.75) is 31.7 Å². The molecule has 0 bridgehead atoms. The smallest absolute Gasteiger partial charge is 0.354 e. The fourth-order valence-electron chi connectivity index (χ4n) is 2.11. The Bertz CT molecular complexity index is 478. The normalized spacial score (nSPS) is 22.8. The van der Waals surface area contributed by atoms with Gasteiger partial charge in [0.1, 0.15) is 5.69 Å². The lowest BCUT2D eigenvalue weighted by Crippen LogP contribution is -2.54. The van der Waals surface area contributed by atoms with Crippen LogP contribution in [-0.2, 0) is 4.79 Å². The number of rotatable bonds is 3. The zero-order chi connectivity index (χ0) is 13.9. The Hall–Kier alpha value is -1.95. The minimum atomic E-state index is -1.08. The number of amides is 1. The van der Waals surface area contributed by atoms with Gasteiger partial charge in [-0.2, -0.15) is 0 Å². The third-order valence-electron chi connectivity index (χ3n) is 3.36. The van der Waals surface area contributed by atoms with Gasteiger partial charge >= 0.3 is 5.97 Å². The predicted molar refractivity (Wildman–Crippen MR) is 70.1 cm³/mol. The number of pyridine rings is 1. The molecule has 1 aromatic rings. The van der Waals surface area contributed by atoms with Crippen molar-refractivity contribution < 1.29 is 14.7 Å². The van der Waals surface area contributed by atoms with Gasteiger partial charge < -0.3 is 15.7 Å². The molecule has 0 aromatic carbocycles.